The van der Waals surface area contributed by atoms with Gasteiger partial charge in [-0.05, 0) is 44.5 Å². The minimum Gasteiger partial charge on any atom is -0.423 e. The first kappa shape index (κ1) is 29.1. The van der Waals surface area contributed by atoms with Gasteiger partial charge in [0.2, 0.25) is 0 Å². The summed E-state index contributed by atoms with van der Waals surface area (Å²) in [7, 11) is 2.03. The van der Waals surface area contributed by atoms with Gasteiger partial charge in [0.25, 0.3) is 11.5 Å². The fourth-order valence-electron chi connectivity index (χ4n) is 4.59. The van der Waals surface area contributed by atoms with Crippen LogP contribution in [-0.2, 0) is 22.4 Å². The van der Waals surface area contributed by atoms with E-state index in [4.69, 9.17) is 13.7 Å². The standard InChI is InChI=1S/C28H35N5O7/c1-5-16-38-28(32-14-12-31(4)13-15-32)26(36)29-18-8-9-22-20(17-18)25-30-21(7-3)19(6-2)27(37)33(25)40-24(35)11-10-23(34)39-22/h8-11,17,28H,5-7,12-16H2,1-4H3,(H,29,36). The van der Waals surface area contributed by atoms with Gasteiger partial charge in [-0.15, -0.1) is 4.57 Å². The molecule has 12 heteroatoms. The van der Waals surface area contributed by atoms with E-state index in [2.05, 4.69) is 15.2 Å². The molecular weight excluding hydrogens is 518 g/mol. The number of ether oxygens (including phenoxy) is 1. The molecule has 1 amide bonds. The number of piperazine rings is 1. The number of rotatable bonds is 8. The molecule has 1 saturated heterocycles. The van der Waals surface area contributed by atoms with Gasteiger partial charge in [-0.2, -0.15) is 0 Å². The van der Waals surface area contributed by atoms with Crippen molar-refractivity contribution in [3.8, 4) is 0 Å². The lowest BCUT2D eigenvalue weighted by molar-refractivity contribution is -0.143. The average molecular weight is 554 g/mol. The van der Waals surface area contributed by atoms with Crippen molar-refractivity contribution in [1.82, 2.24) is 19.4 Å². The molecule has 1 aromatic carbocycles. The van der Waals surface area contributed by atoms with E-state index < -0.39 is 23.0 Å². The van der Waals surface area contributed by atoms with Crippen molar-refractivity contribution in [2.45, 2.75) is 46.3 Å². The van der Waals surface area contributed by atoms with Gasteiger partial charge in [-0.1, -0.05) is 20.8 Å². The fraction of sp³-hybridized carbons (Fsp3) is 0.464. The Balaban J connectivity index is 1.90. The Morgan fingerprint density at radius 2 is 1.75 bits per heavy atom. The van der Waals surface area contributed by atoms with Crippen molar-refractivity contribution in [3.63, 3.8) is 0 Å². The number of nitrogens with one attached hydrogen (secondary N) is 1. The van der Waals surface area contributed by atoms with Crippen LogP contribution in [-0.4, -0.2) is 71.3 Å². The molecule has 1 atom stereocenters. The number of benzene rings is 1. The maximum Gasteiger partial charge on any atom is 0.356 e. The Hall–Kier alpha value is -3.87. The smallest absolute Gasteiger partial charge is 0.356 e. The van der Waals surface area contributed by atoms with Crippen LogP contribution < -0.4 is 22.1 Å². The molecule has 1 fully saturated rings. The second kappa shape index (κ2) is 13.0. The third-order valence-corrected chi connectivity index (χ3v) is 6.72. The number of anilines is 1. The maximum atomic E-state index is 13.4. The van der Waals surface area contributed by atoms with Crippen LogP contribution in [0.5, 0.6) is 0 Å². The van der Waals surface area contributed by atoms with E-state index in [1.165, 1.54) is 12.1 Å². The highest BCUT2D eigenvalue weighted by Gasteiger charge is 2.29. The number of carbonyl (C=O) groups is 1. The minimum atomic E-state index is -0.940. The van der Waals surface area contributed by atoms with Crippen molar-refractivity contribution in [2.75, 3.05) is 45.2 Å². The Kier molecular flexibility index (Phi) is 9.46. The lowest BCUT2D eigenvalue weighted by Crippen LogP contribution is -2.54. The first-order valence-electron chi connectivity index (χ1n) is 13.5. The van der Waals surface area contributed by atoms with Crippen molar-refractivity contribution in [3.05, 3.63) is 72.8 Å². The fourth-order valence-corrected chi connectivity index (χ4v) is 4.59. The average Bonchev–Trinajstić information content (AvgIpc) is 2.94. The molecule has 2 aromatic heterocycles. The summed E-state index contributed by atoms with van der Waals surface area (Å²) in [5.74, 6) is -0.356. The number of hydrogen-bond acceptors (Lipinski definition) is 10. The lowest BCUT2D eigenvalue weighted by atomic mass is 10.1. The number of fused-ring (bicyclic) bond motifs is 3. The van der Waals surface area contributed by atoms with Crippen LogP contribution in [0.2, 0.25) is 0 Å². The van der Waals surface area contributed by atoms with E-state index in [1.807, 2.05) is 32.7 Å². The van der Waals surface area contributed by atoms with Crippen LogP contribution in [0.25, 0.3) is 16.6 Å². The van der Waals surface area contributed by atoms with E-state index in [-0.39, 0.29) is 22.5 Å². The maximum absolute atomic E-state index is 13.4. The molecule has 1 unspecified atom stereocenters. The van der Waals surface area contributed by atoms with Gasteiger partial charge >= 0.3 is 11.3 Å². The molecule has 0 aliphatic carbocycles. The summed E-state index contributed by atoms with van der Waals surface area (Å²) in [6.45, 7) is 9.05. The van der Waals surface area contributed by atoms with Gasteiger partial charge < -0.3 is 23.9 Å². The molecule has 3 aromatic rings. The largest absolute Gasteiger partial charge is 0.423 e. The van der Waals surface area contributed by atoms with Crippen LogP contribution in [0.15, 0.2) is 53.7 Å². The number of aryl methyl sites for hydroxylation is 1. The number of hydrogen-bond donors (Lipinski definition) is 1. The first-order chi connectivity index (χ1) is 19.2. The highest BCUT2D eigenvalue weighted by molar-refractivity contribution is 5.98. The van der Waals surface area contributed by atoms with Crippen LogP contribution in [0.3, 0.4) is 0 Å². The van der Waals surface area contributed by atoms with Crippen molar-refractivity contribution in [1.29, 1.82) is 0 Å². The number of nitrogens with zero attached hydrogens (tertiary/aromatic N) is 4. The quantitative estimate of drug-likeness (QED) is 0.440. The summed E-state index contributed by atoms with van der Waals surface area (Å²) in [5.41, 5.74) is -0.949. The molecule has 1 aliphatic heterocycles. The van der Waals surface area contributed by atoms with Crippen LogP contribution >= 0.6 is 0 Å². The molecule has 12 nitrogen and oxygen atoms in total. The molecular formula is C28H35N5O7. The summed E-state index contributed by atoms with van der Waals surface area (Å²) in [6.07, 6.45) is 0.795. The Morgan fingerprint density at radius 1 is 1.02 bits per heavy atom. The molecule has 0 spiro atoms. The predicted octanol–water partition coefficient (Wildman–Crippen LogP) is 1.94. The molecule has 0 bridgehead atoms. The van der Waals surface area contributed by atoms with Gasteiger partial charge in [0, 0.05) is 56.2 Å². The molecule has 40 heavy (non-hydrogen) atoms. The summed E-state index contributed by atoms with van der Waals surface area (Å²) >= 11 is 0. The van der Waals surface area contributed by atoms with E-state index in [0.717, 1.165) is 36.2 Å². The molecule has 0 radical (unpaired) electrons. The Labute approximate surface area is 230 Å². The van der Waals surface area contributed by atoms with E-state index in [9.17, 15) is 19.2 Å². The zero-order chi connectivity index (χ0) is 28.8. The zero-order valence-electron chi connectivity index (χ0n) is 23.3. The summed E-state index contributed by atoms with van der Waals surface area (Å²) in [6, 6.07) is 6.40. The van der Waals surface area contributed by atoms with Crippen LogP contribution in [0.4, 0.5) is 5.69 Å². The van der Waals surface area contributed by atoms with Crippen molar-refractivity contribution >= 4 is 28.2 Å². The zero-order valence-corrected chi connectivity index (χ0v) is 23.3. The van der Waals surface area contributed by atoms with Crippen LogP contribution in [0.1, 0.15) is 38.4 Å². The predicted molar refractivity (Wildman–Crippen MR) is 150 cm³/mol. The van der Waals surface area contributed by atoms with Gasteiger partial charge in [0.15, 0.2) is 11.9 Å². The second-order valence-electron chi connectivity index (χ2n) is 9.59. The number of carbonyl (C=O) groups excluding carboxylic acids is 1. The van der Waals surface area contributed by atoms with Gasteiger partial charge in [-0.25, -0.2) is 14.6 Å². The van der Waals surface area contributed by atoms with E-state index in [1.54, 1.807) is 6.07 Å². The summed E-state index contributed by atoms with van der Waals surface area (Å²) in [4.78, 5) is 60.4. The number of amides is 1. The topological polar surface area (TPSA) is 140 Å². The highest BCUT2D eigenvalue weighted by Crippen LogP contribution is 2.22. The lowest BCUT2D eigenvalue weighted by Gasteiger charge is -2.36. The highest BCUT2D eigenvalue weighted by atomic mass is 16.5. The van der Waals surface area contributed by atoms with Crippen LogP contribution in [0, 0.1) is 0 Å². The molecule has 1 N–H and O–H groups in total. The van der Waals surface area contributed by atoms with Crippen molar-refractivity contribution < 1.29 is 18.5 Å². The Morgan fingerprint density at radius 3 is 2.42 bits per heavy atom. The van der Waals surface area contributed by atoms with Gasteiger partial charge in [-0.3, -0.25) is 14.5 Å². The second-order valence-corrected chi connectivity index (χ2v) is 9.59. The molecule has 4 rings (SSSR count). The van der Waals surface area contributed by atoms with E-state index >= 15 is 0 Å². The van der Waals surface area contributed by atoms with Gasteiger partial charge in [0.05, 0.1) is 11.1 Å². The summed E-state index contributed by atoms with van der Waals surface area (Å²) < 4.78 is 17.6. The normalized spacial score (nSPS) is 15.2. The Bertz CT molecular complexity index is 1620. The number of likely N-dealkylation sites (N-methyl/N-ethyl adjacent to an activating group) is 1. The number of aromatic nitrogens is 2. The first-order valence-corrected chi connectivity index (χ1v) is 13.5. The molecule has 214 valence electrons. The molecule has 3 heterocycles. The summed E-state index contributed by atoms with van der Waals surface area (Å²) in [5, 5.41) is 3.08. The third kappa shape index (κ3) is 6.46. The van der Waals surface area contributed by atoms with Gasteiger partial charge in [0.1, 0.15) is 5.58 Å². The third-order valence-electron chi connectivity index (χ3n) is 6.72. The SMILES string of the molecule is CCCOC(C(=O)Nc1ccc2oc(=O)ccc(=O)on3c(=O)c(CC)c(CC)nc3c2c1)N1CCN(C)CC1. The molecule has 1 aliphatic rings. The van der Waals surface area contributed by atoms with E-state index in [0.29, 0.717) is 49.5 Å². The molecule has 0 saturated carbocycles. The monoisotopic (exact) mass is 553 g/mol. The van der Waals surface area contributed by atoms with Crippen molar-refractivity contribution in [2.24, 2.45) is 0 Å². The minimum absolute atomic E-state index is 0.0283.